The first kappa shape index (κ1) is 22.8. The van der Waals surface area contributed by atoms with Gasteiger partial charge >= 0.3 is 0 Å². The molecule has 1 aliphatic carbocycles. The predicted molar refractivity (Wildman–Crippen MR) is 130 cm³/mol. The highest BCUT2D eigenvalue weighted by Gasteiger charge is 2.42. The molecule has 2 aliphatic rings. The predicted octanol–water partition coefficient (Wildman–Crippen LogP) is 4.98. The molecule has 2 heterocycles. The van der Waals surface area contributed by atoms with Crippen molar-refractivity contribution >= 4 is 11.7 Å². The molecule has 0 fully saturated rings. The normalized spacial score (nSPS) is 18.9. The summed E-state index contributed by atoms with van der Waals surface area (Å²) >= 11 is 0. The van der Waals surface area contributed by atoms with E-state index in [1.54, 1.807) is 28.4 Å². The Morgan fingerprint density at radius 3 is 2.31 bits per heavy atom. The van der Waals surface area contributed by atoms with Gasteiger partial charge < -0.3 is 28.8 Å². The monoisotopic (exact) mass is 476 g/mol. The molecule has 8 nitrogen and oxygen atoms in total. The molecule has 0 radical (unpaired) electrons. The molecule has 0 saturated carbocycles. The molecule has 2 aromatic carbocycles. The van der Waals surface area contributed by atoms with Crippen LogP contribution in [0.2, 0.25) is 0 Å². The van der Waals surface area contributed by atoms with Gasteiger partial charge in [0, 0.05) is 23.3 Å². The van der Waals surface area contributed by atoms with Crippen LogP contribution in [0.5, 0.6) is 23.0 Å². The minimum atomic E-state index is -0.411. The van der Waals surface area contributed by atoms with Crippen molar-refractivity contribution in [1.29, 1.82) is 0 Å². The Morgan fingerprint density at radius 2 is 1.66 bits per heavy atom. The van der Waals surface area contributed by atoms with Crippen LogP contribution >= 0.6 is 0 Å². The number of hydrogen-bond acceptors (Lipinski definition) is 8. The first-order valence-corrected chi connectivity index (χ1v) is 11.4. The van der Waals surface area contributed by atoms with E-state index in [-0.39, 0.29) is 11.7 Å². The number of aromatic nitrogens is 1. The molecule has 182 valence electrons. The fraction of sp³-hybridized carbons (Fsp3) is 0.333. The van der Waals surface area contributed by atoms with E-state index in [4.69, 9.17) is 23.5 Å². The summed E-state index contributed by atoms with van der Waals surface area (Å²) in [5.74, 6) is 2.58. The Bertz CT molecular complexity index is 1310. The van der Waals surface area contributed by atoms with Crippen LogP contribution in [-0.4, -0.2) is 39.4 Å². The highest BCUT2D eigenvalue weighted by molar-refractivity contribution is 6.02. The van der Waals surface area contributed by atoms with E-state index in [1.165, 1.54) is 0 Å². The molecule has 1 N–H and O–H groups in total. The van der Waals surface area contributed by atoms with Gasteiger partial charge in [-0.15, -0.1) is 0 Å². The van der Waals surface area contributed by atoms with Gasteiger partial charge in [-0.05, 0) is 43.0 Å². The number of allylic oxidation sites excluding steroid dienone is 2. The van der Waals surface area contributed by atoms with Crippen LogP contribution in [0.25, 0.3) is 0 Å². The Morgan fingerprint density at radius 1 is 0.914 bits per heavy atom. The quantitative estimate of drug-likeness (QED) is 0.533. The van der Waals surface area contributed by atoms with Crippen LogP contribution in [0, 0.1) is 6.92 Å². The number of ether oxygens (including phenoxy) is 4. The number of anilines is 1. The van der Waals surface area contributed by atoms with Gasteiger partial charge in [0.1, 0.15) is 5.75 Å². The van der Waals surface area contributed by atoms with Crippen molar-refractivity contribution in [1.82, 2.24) is 5.16 Å². The zero-order chi connectivity index (χ0) is 24.7. The van der Waals surface area contributed by atoms with E-state index in [2.05, 4.69) is 10.5 Å². The number of fused-ring (bicyclic) bond motifs is 1. The molecule has 5 rings (SSSR count). The van der Waals surface area contributed by atoms with Gasteiger partial charge in [-0.3, -0.25) is 4.79 Å². The summed E-state index contributed by atoms with van der Waals surface area (Å²) < 4.78 is 27.8. The van der Waals surface area contributed by atoms with E-state index in [0.717, 1.165) is 28.1 Å². The van der Waals surface area contributed by atoms with Crippen LogP contribution in [0.1, 0.15) is 47.1 Å². The molecule has 0 unspecified atom stereocenters. The molecule has 1 aromatic heterocycles. The van der Waals surface area contributed by atoms with E-state index < -0.39 is 5.92 Å². The summed E-state index contributed by atoms with van der Waals surface area (Å²) in [6, 6.07) is 11.6. The van der Waals surface area contributed by atoms with Gasteiger partial charge in [0.15, 0.2) is 17.3 Å². The molecule has 8 heteroatoms. The summed E-state index contributed by atoms with van der Waals surface area (Å²) in [6.45, 7) is 1.88. The second-order valence-corrected chi connectivity index (χ2v) is 8.69. The van der Waals surface area contributed by atoms with Gasteiger partial charge in [0.05, 0.1) is 45.6 Å². The highest BCUT2D eigenvalue weighted by atomic mass is 16.5. The minimum absolute atomic E-state index is 0.0400. The summed E-state index contributed by atoms with van der Waals surface area (Å²) in [5, 5.41) is 7.57. The van der Waals surface area contributed by atoms with Gasteiger partial charge in [-0.25, -0.2) is 0 Å². The van der Waals surface area contributed by atoms with E-state index in [0.29, 0.717) is 47.2 Å². The Labute approximate surface area is 203 Å². The lowest BCUT2D eigenvalue weighted by Gasteiger charge is -2.35. The number of aryl methyl sites for hydroxylation is 1. The van der Waals surface area contributed by atoms with E-state index in [9.17, 15) is 4.79 Å². The number of methoxy groups -OCH3 is 4. The van der Waals surface area contributed by atoms with Crippen molar-refractivity contribution in [3.63, 3.8) is 0 Å². The molecule has 2 atom stereocenters. The lowest BCUT2D eigenvalue weighted by Crippen LogP contribution is -2.29. The number of hydrogen-bond donors (Lipinski definition) is 1. The molecule has 0 spiro atoms. The fourth-order valence-corrected chi connectivity index (χ4v) is 5.25. The van der Waals surface area contributed by atoms with Crippen LogP contribution < -0.4 is 24.3 Å². The molecule has 35 heavy (non-hydrogen) atoms. The van der Waals surface area contributed by atoms with Crippen molar-refractivity contribution in [2.45, 2.75) is 31.6 Å². The molecule has 1 aliphatic heterocycles. The second kappa shape index (κ2) is 9.02. The lowest BCUT2D eigenvalue weighted by atomic mass is 9.72. The third-order valence-corrected chi connectivity index (χ3v) is 6.89. The molecule has 0 saturated heterocycles. The second-order valence-electron chi connectivity index (χ2n) is 8.69. The average Bonchev–Trinajstić information content (AvgIpc) is 3.26. The summed E-state index contributed by atoms with van der Waals surface area (Å²) in [6.07, 6.45) is 1.07. The molecular weight excluding hydrogens is 448 g/mol. The first-order valence-electron chi connectivity index (χ1n) is 11.4. The Kier molecular flexibility index (Phi) is 5.88. The van der Waals surface area contributed by atoms with Gasteiger partial charge in [0.25, 0.3) is 0 Å². The minimum Gasteiger partial charge on any atom is -0.497 e. The number of rotatable bonds is 6. The zero-order valence-electron chi connectivity index (χ0n) is 20.4. The Balaban J connectivity index is 1.64. The van der Waals surface area contributed by atoms with E-state index in [1.807, 2.05) is 43.3 Å². The van der Waals surface area contributed by atoms with E-state index >= 15 is 0 Å². The number of nitrogens with zero attached hydrogens (tertiary/aromatic N) is 1. The van der Waals surface area contributed by atoms with Crippen LogP contribution in [0.15, 0.2) is 52.2 Å². The molecule has 3 aromatic rings. The molecule has 0 amide bonds. The third-order valence-electron chi connectivity index (χ3n) is 6.89. The number of nitrogens with one attached hydrogen (secondary N) is 1. The standard InChI is InChI=1S/C27H28N2O6/c1-14-22-23(18-10-11-21(32-3)26(34-5)25(18)33-4)24-19(28-27(22)35-29-14)12-16(13-20(24)30)15-6-8-17(31-2)9-7-15/h6-11,16,23,28H,12-13H2,1-5H3/t16-,23-/m1/s1. The number of ketones is 1. The highest BCUT2D eigenvalue weighted by Crippen LogP contribution is 2.53. The largest absolute Gasteiger partial charge is 0.497 e. The number of carbonyl (C=O) groups excluding carboxylic acids is 1. The Hall–Kier alpha value is -3.94. The first-order chi connectivity index (χ1) is 17.0. The van der Waals surface area contributed by atoms with Gasteiger partial charge in [-0.2, -0.15) is 0 Å². The van der Waals surface area contributed by atoms with Crippen molar-refractivity contribution in [2.75, 3.05) is 33.8 Å². The fourth-order valence-electron chi connectivity index (χ4n) is 5.25. The third kappa shape index (κ3) is 3.69. The number of Topliss-reactive ketones (excluding diaryl/α,β-unsaturated/α-hetero) is 1. The zero-order valence-corrected chi connectivity index (χ0v) is 20.4. The van der Waals surface area contributed by atoms with Crippen molar-refractivity contribution in [2.24, 2.45) is 0 Å². The number of benzene rings is 2. The van der Waals surface area contributed by atoms with Crippen molar-refractivity contribution < 1.29 is 28.3 Å². The topological polar surface area (TPSA) is 92.1 Å². The molecular formula is C27H28N2O6. The van der Waals surface area contributed by atoms with Crippen molar-refractivity contribution in [3.8, 4) is 23.0 Å². The van der Waals surface area contributed by atoms with Crippen LogP contribution in [0.4, 0.5) is 5.88 Å². The summed E-state index contributed by atoms with van der Waals surface area (Å²) in [7, 11) is 6.37. The average molecular weight is 477 g/mol. The SMILES string of the molecule is COc1ccc([C@H]2CC(=O)C3=C(C2)Nc2onc(C)c2[C@H]3c2ccc(OC)c(OC)c2OC)cc1. The maximum Gasteiger partial charge on any atom is 0.233 e. The van der Waals surface area contributed by atoms with Gasteiger partial charge in [-0.1, -0.05) is 23.4 Å². The smallest absolute Gasteiger partial charge is 0.233 e. The maximum absolute atomic E-state index is 13.8. The maximum atomic E-state index is 13.8. The summed E-state index contributed by atoms with van der Waals surface area (Å²) in [5.41, 5.74) is 4.97. The van der Waals surface area contributed by atoms with Gasteiger partial charge in [0.2, 0.25) is 11.6 Å². The lowest BCUT2D eigenvalue weighted by molar-refractivity contribution is -0.116. The molecule has 0 bridgehead atoms. The van der Waals surface area contributed by atoms with Crippen LogP contribution in [0.3, 0.4) is 0 Å². The van der Waals surface area contributed by atoms with Crippen molar-refractivity contribution in [3.05, 3.63) is 70.1 Å². The number of carbonyl (C=O) groups is 1. The summed E-state index contributed by atoms with van der Waals surface area (Å²) in [4.78, 5) is 13.8. The van der Waals surface area contributed by atoms with Crippen LogP contribution in [-0.2, 0) is 4.79 Å².